The van der Waals surface area contributed by atoms with E-state index in [1.807, 2.05) is 0 Å². The van der Waals surface area contributed by atoms with Gasteiger partial charge in [-0.1, -0.05) is 0 Å². The molecule has 0 aliphatic rings. The van der Waals surface area contributed by atoms with Crippen molar-refractivity contribution in [1.82, 2.24) is 19.7 Å². The first-order valence-corrected chi connectivity index (χ1v) is 7.33. The van der Waals surface area contributed by atoms with E-state index < -0.39 is 15.6 Å². The summed E-state index contributed by atoms with van der Waals surface area (Å²) in [5, 5.41) is 12.2. The van der Waals surface area contributed by atoms with Gasteiger partial charge in [-0.25, -0.2) is 13.6 Å². The molecule has 3 N–H and O–H groups in total. The van der Waals surface area contributed by atoms with Crippen LogP contribution in [-0.4, -0.2) is 28.2 Å². The molecule has 2 heterocycles. The molecule has 0 aliphatic heterocycles. The Hall–Kier alpha value is -2.00. The molecular formula is C11H15N5O3S. The first kappa shape index (κ1) is 14.4. The number of nitrogens with one attached hydrogen (secondary N) is 1. The largest absolute Gasteiger partial charge is 0.367 e. The summed E-state index contributed by atoms with van der Waals surface area (Å²) in [6.45, 7) is 5.31. The van der Waals surface area contributed by atoms with E-state index in [0.717, 1.165) is 0 Å². The molecule has 0 atom stereocenters. The van der Waals surface area contributed by atoms with Crippen molar-refractivity contribution >= 4 is 10.0 Å². The Morgan fingerprint density at radius 3 is 2.45 bits per heavy atom. The number of primary sulfonamides is 1. The number of rotatable bonds is 2. The highest BCUT2D eigenvalue weighted by molar-refractivity contribution is 7.89. The molecule has 20 heavy (non-hydrogen) atoms. The van der Waals surface area contributed by atoms with Gasteiger partial charge in [0.2, 0.25) is 0 Å². The van der Waals surface area contributed by atoms with Crippen LogP contribution in [0.3, 0.4) is 0 Å². The van der Waals surface area contributed by atoms with Crippen LogP contribution in [-0.2, 0) is 15.6 Å². The third-order valence-corrected chi connectivity index (χ3v) is 3.40. The molecule has 0 amide bonds. The van der Waals surface area contributed by atoms with Crippen LogP contribution in [0, 0.1) is 0 Å². The van der Waals surface area contributed by atoms with Gasteiger partial charge in [-0.15, -0.1) is 10.2 Å². The quantitative estimate of drug-likeness (QED) is 0.809. The lowest BCUT2D eigenvalue weighted by atomic mass is 10.1. The predicted molar refractivity (Wildman–Crippen MR) is 72.4 cm³/mol. The summed E-state index contributed by atoms with van der Waals surface area (Å²) in [6.07, 6.45) is 2.92. The lowest BCUT2D eigenvalue weighted by Gasteiger charge is -2.23. The summed E-state index contributed by atoms with van der Waals surface area (Å²) in [4.78, 5) is 14.6. The molecule has 0 aliphatic carbocycles. The van der Waals surface area contributed by atoms with Crippen LogP contribution in [0.15, 0.2) is 28.4 Å². The second-order valence-electron chi connectivity index (χ2n) is 5.28. The molecule has 108 valence electrons. The topological polar surface area (TPSA) is 124 Å². The molecule has 0 aromatic carbocycles. The third kappa shape index (κ3) is 2.49. The smallest absolute Gasteiger partial charge is 0.273 e. The fraction of sp³-hybridized carbons (Fsp3) is 0.364. The number of aromatic nitrogens is 4. The number of pyridine rings is 1. The first-order chi connectivity index (χ1) is 9.12. The van der Waals surface area contributed by atoms with Crippen LogP contribution in [0.5, 0.6) is 0 Å². The summed E-state index contributed by atoms with van der Waals surface area (Å²) >= 11 is 0. The molecular weight excluding hydrogens is 282 g/mol. The van der Waals surface area contributed by atoms with Gasteiger partial charge in [0.25, 0.3) is 15.2 Å². The Bertz CT molecular complexity index is 798. The molecule has 8 nitrogen and oxygen atoms in total. The Morgan fingerprint density at radius 2 is 1.95 bits per heavy atom. The van der Waals surface area contributed by atoms with Crippen molar-refractivity contribution in [3.05, 3.63) is 28.7 Å². The lowest BCUT2D eigenvalue weighted by molar-refractivity contribution is 0.366. The second kappa shape index (κ2) is 4.53. The Morgan fingerprint density at radius 1 is 1.30 bits per heavy atom. The Kier molecular flexibility index (Phi) is 3.26. The number of H-pyrrole nitrogens is 1. The number of sulfonamides is 1. The molecule has 2 aromatic rings. The Balaban J connectivity index is 2.84. The van der Waals surface area contributed by atoms with Crippen molar-refractivity contribution in [3.63, 3.8) is 0 Å². The average Bonchev–Trinajstić information content (AvgIpc) is 2.73. The standard InChI is InChI=1S/C11H15N5O3S/c1-11(2,3)16-9(7-6-13-5-4-8(7)17)14-15-10(16)20(12,18)19/h4-6H,1-3H3,(H,13,17)(H2,12,18,19). The second-order valence-corrected chi connectivity index (χ2v) is 6.73. The Labute approximate surface area is 115 Å². The average molecular weight is 297 g/mol. The van der Waals surface area contributed by atoms with Crippen molar-refractivity contribution in [3.8, 4) is 11.4 Å². The summed E-state index contributed by atoms with van der Waals surface area (Å²) in [5.41, 5.74) is -0.726. The highest BCUT2D eigenvalue weighted by Gasteiger charge is 2.30. The normalized spacial score (nSPS) is 12.6. The maximum atomic E-state index is 11.9. The number of hydrogen-bond acceptors (Lipinski definition) is 5. The van der Waals surface area contributed by atoms with Gasteiger partial charge in [0, 0.05) is 24.0 Å². The molecule has 9 heteroatoms. The van der Waals surface area contributed by atoms with Crippen LogP contribution in [0.4, 0.5) is 0 Å². The van der Waals surface area contributed by atoms with E-state index in [2.05, 4.69) is 15.2 Å². The number of hydrogen-bond donors (Lipinski definition) is 2. The monoisotopic (exact) mass is 297 g/mol. The molecule has 2 aromatic heterocycles. The number of nitrogens with two attached hydrogens (primary N) is 1. The van der Waals surface area contributed by atoms with Crippen LogP contribution in [0.2, 0.25) is 0 Å². The fourth-order valence-corrected chi connectivity index (χ4v) is 2.59. The van der Waals surface area contributed by atoms with Crippen LogP contribution in [0.1, 0.15) is 20.8 Å². The van der Waals surface area contributed by atoms with Gasteiger partial charge in [0.15, 0.2) is 11.3 Å². The molecule has 0 bridgehead atoms. The minimum atomic E-state index is -4.04. The molecule has 0 unspecified atom stereocenters. The zero-order valence-corrected chi connectivity index (χ0v) is 12.1. The van der Waals surface area contributed by atoms with Crippen LogP contribution < -0.4 is 10.6 Å². The molecule has 0 saturated heterocycles. The number of aromatic amines is 1. The van der Waals surface area contributed by atoms with Gasteiger partial charge >= 0.3 is 0 Å². The predicted octanol–water partition coefficient (Wildman–Crippen LogP) is 0.0358. The molecule has 0 spiro atoms. The lowest BCUT2D eigenvalue weighted by Crippen LogP contribution is -2.29. The molecule has 0 radical (unpaired) electrons. The van der Waals surface area contributed by atoms with E-state index in [0.29, 0.717) is 0 Å². The maximum absolute atomic E-state index is 11.9. The minimum absolute atomic E-state index is 0.156. The summed E-state index contributed by atoms with van der Waals surface area (Å²) in [5.74, 6) is 0.156. The van der Waals surface area contributed by atoms with E-state index in [9.17, 15) is 13.2 Å². The molecule has 0 saturated carbocycles. The highest BCUT2D eigenvalue weighted by atomic mass is 32.2. The van der Waals surface area contributed by atoms with Gasteiger partial charge < -0.3 is 4.98 Å². The van der Waals surface area contributed by atoms with Crippen molar-refractivity contribution in [2.24, 2.45) is 5.14 Å². The maximum Gasteiger partial charge on any atom is 0.273 e. The SMILES string of the molecule is CC(C)(C)n1c(-c2c[nH]ccc2=O)nnc1S(N)(=O)=O. The van der Waals surface area contributed by atoms with E-state index in [1.54, 1.807) is 20.8 Å². The number of nitrogens with zero attached hydrogens (tertiary/aromatic N) is 3. The first-order valence-electron chi connectivity index (χ1n) is 5.78. The summed E-state index contributed by atoms with van der Waals surface area (Å²) < 4.78 is 24.5. The third-order valence-electron chi connectivity index (χ3n) is 2.62. The van der Waals surface area contributed by atoms with Crippen LogP contribution >= 0.6 is 0 Å². The van der Waals surface area contributed by atoms with Gasteiger partial charge in [0.1, 0.15) is 0 Å². The van der Waals surface area contributed by atoms with E-state index >= 15 is 0 Å². The highest BCUT2D eigenvalue weighted by Crippen LogP contribution is 2.25. The fourth-order valence-electron chi connectivity index (χ4n) is 1.82. The molecule has 2 rings (SSSR count). The van der Waals surface area contributed by atoms with Gasteiger partial charge in [-0.2, -0.15) is 0 Å². The van der Waals surface area contributed by atoms with Gasteiger partial charge in [0.05, 0.1) is 5.56 Å². The van der Waals surface area contributed by atoms with Crippen molar-refractivity contribution in [2.75, 3.05) is 0 Å². The van der Waals surface area contributed by atoms with Crippen LogP contribution in [0.25, 0.3) is 11.4 Å². The van der Waals surface area contributed by atoms with Gasteiger partial charge in [-0.05, 0) is 20.8 Å². The molecule has 0 fully saturated rings. The van der Waals surface area contributed by atoms with Crippen molar-refractivity contribution < 1.29 is 8.42 Å². The summed E-state index contributed by atoms with van der Waals surface area (Å²) in [6, 6.07) is 1.33. The summed E-state index contributed by atoms with van der Waals surface area (Å²) in [7, 11) is -4.04. The zero-order valence-electron chi connectivity index (χ0n) is 11.3. The zero-order chi connectivity index (χ0) is 15.1. The van der Waals surface area contributed by atoms with E-state index in [4.69, 9.17) is 5.14 Å². The minimum Gasteiger partial charge on any atom is -0.367 e. The van der Waals surface area contributed by atoms with Gasteiger partial charge in [-0.3, -0.25) is 9.36 Å². The van der Waals surface area contributed by atoms with E-state index in [1.165, 1.54) is 23.0 Å². The van der Waals surface area contributed by atoms with Crippen molar-refractivity contribution in [2.45, 2.75) is 31.5 Å². The van der Waals surface area contributed by atoms with Crippen molar-refractivity contribution in [1.29, 1.82) is 0 Å². The van der Waals surface area contributed by atoms with E-state index in [-0.39, 0.29) is 22.0 Å².